The Bertz CT molecular complexity index is 209. The molecule has 1 heterocycles. The first kappa shape index (κ1) is 6.35. The predicted molar refractivity (Wildman–Crippen MR) is 38.5 cm³/mol. The molecule has 0 radical (unpaired) electrons. The van der Waals surface area contributed by atoms with E-state index in [1.165, 1.54) is 4.90 Å². The summed E-state index contributed by atoms with van der Waals surface area (Å²) >= 11 is 4.71. The van der Waals surface area contributed by atoms with Crippen LogP contribution in [0.2, 0.25) is 0 Å². The van der Waals surface area contributed by atoms with E-state index in [1.54, 1.807) is 14.0 Å². The van der Waals surface area contributed by atoms with E-state index in [0.717, 1.165) is 0 Å². The highest BCUT2D eigenvalue weighted by atomic mass is 32.1. The van der Waals surface area contributed by atoms with Gasteiger partial charge in [-0.05, 0) is 19.1 Å². The highest BCUT2D eigenvalue weighted by Gasteiger charge is 2.22. The van der Waals surface area contributed by atoms with Gasteiger partial charge in [0, 0.05) is 7.05 Å². The van der Waals surface area contributed by atoms with Gasteiger partial charge in [0.25, 0.3) is 5.91 Å². The Morgan fingerprint density at radius 3 is 2.33 bits per heavy atom. The van der Waals surface area contributed by atoms with Gasteiger partial charge in [0.1, 0.15) is 5.71 Å². The third-order valence-electron chi connectivity index (χ3n) is 1.16. The number of amides is 1. The van der Waals surface area contributed by atoms with Crippen LogP contribution in [-0.4, -0.2) is 28.7 Å². The molecular weight excluding hydrogens is 136 g/mol. The largest absolute Gasteiger partial charge is 0.285 e. The van der Waals surface area contributed by atoms with E-state index in [-0.39, 0.29) is 5.91 Å². The van der Waals surface area contributed by atoms with E-state index in [2.05, 4.69) is 4.99 Å². The molecule has 0 aliphatic carbocycles. The molecule has 0 unspecified atom stereocenters. The fourth-order valence-corrected chi connectivity index (χ4v) is 0.816. The van der Waals surface area contributed by atoms with Gasteiger partial charge in [-0.1, -0.05) is 0 Å². The van der Waals surface area contributed by atoms with Crippen LogP contribution in [0.4, 0.5) is 0 Å². The van der Waals surface area contributed by atoms with Gasteiger partial charge in [0.15, 0.2) is 0 Å². The molecule has 0 saturated carbocycles. The van der Waals surface area contributed by atoms with E-state index in [0.29, 0.717) is 10.8 Å². The zero-order chi connectivity index (χ0) is 7.02. The minimum absolute atomic E-state index is 0.0972. The van der Waals surface area contributed by atoms with Gasteiger partial charge >= 0.3 is 0 Å². The Balaban J connectivity index is 2.95. The summed E-state index contributed by atoms with van der Waals surface area (Å²) in [4.78, 5) is 16.0. The molecule has 9 heavy (non-hydrogen) atoms. The SMILES string of the molecule is CC1=NC(=S)N(C)C1=O. The maximum atomic E-state index is 10.8. The van der Waals surface area contributed by atoms with Gasteiger partial charge in [-0.15, -0.1) is 0 Å². The molecule has 0 bridgehead atoms. The van der Waals surface area contributed by atoms with Gasteiger partial charge < -0.3 is 0 Å². The number of hydrogen-bond donors (Lipinski definition) is 0. The molecule has 1 amide bonds. The molecule has 1 aliphatic heterocycles. The molecule has 0 aromatic rings. The fourth-order valence-electron chi connectivity index (χ4n) is 0.596. The normalized spacial score (nSPS) is 18.9. The summed E-state index contributed by atoms with van der Waals surface area (Å²) in [6, 6.07) is 0. The summed E-state index contributed by atoms with van der Waals surface area (Å²) in [6.45, 7) is 1.65. The summed E-state index contributed by atoms with van der Waals surface area (Å²) < 4.78 is 0. The molecule has 4 heteroatoms. The fraction of sp³-hybridized carbons (Fsp3) is 0.400. The number of hydrogen-bond acceptors (Lipinski definition) is 2. The Morgan fingerprint density at radius 1 is 1.67 bits per heavy atom. The van der Waals surface area contributed by atoms with E-state index >= 15 is 0 Å². The number of nitrogens with zero attached hydrogens (tertiary/aromatic N) is 2. The van der Waals surface area contributed by atoms with E-state index in [9.17, 15) is 4.79 Å². The van der Waals surface area contributed by atoms with Crippen molar-refractivity contribution in [3.63, 3.8) is 0 Å². The molecule has 0 spiro atoms. The lowest BCUT2D eigenvalue weighted by molar-refractivity contribution is -0.119. The van der Waals surface area contributed by atoms with Crippen molar-refractivity contribution in [2.45, 2.75) is 6.92 Å². The first-order chi connectivity index (χ1) is 4.13. The molecular formula is C5H6N2OS. The Kier molecular flexibility index (Phi) is 1.32. The summed E-state index contributed by atoms with van der Waals surface area (Å²) in [5, 5.41) is 0.359. The second-order valence-electron chi connectivity index (χ2n) is 1.84. The second-order valence-corrected chi connectivity index (χ2v) is 2.21. The molecule has 0 saturated heterocycles. The lowest BCUT2D eigenvalue weighted by Crippen LogP contribution is -2.27. The van der Waals surface area contributed by atoms with Crippen LogP contribution in [0.15, 0.2) is 4.99 Å². The van der Waals surface area contributed by atoms with Crippen LogP contribution >= 0.6 is 12.2 Å². The summed E-state index contributed by atoms with van der Waals surface area (Å²) in [5.41, 5.74) is 0.475. The zero-order valence-electron chi connectivity index (χ0n) is 5.21. The van der Waals surface area contributed by atoms with Gasteiger partial charge in [-0.2, -0.15) is 0 Å². The van der Waals surface area contributed by atoms with Crippen LogP contribution in [0.5, 0.6) is 0 Å². The quantitative estimate of drug-likeness (QED) is 0.453. The number of thiocarbonyl (C=S) groups is 1. The molecule has 0 aromatic carbocycles. The van der Waals surface area contributed by atoms with Gasteiger partial charge in [-0.25, -0.2) is 4.99 Å². The van der Waals surface area contributed by atoms with Crippen molar-refractivity contribution in [1.29, 1.82) is 0 Å². The first-order valence-electron chi connectivity index (χ1n) is 2.50. The lowest BCUT2D eigenvalue weighted by atomic mass is 10.4. The molecule has 0 atom stereocenters. The van der Waals surface area contributed by atoms with Crippen molar-refractivity contribution in [3.05, 3.63) is 0 Å². The average Bonchev–Trinajstić information content (AvgIpc) is 1.98. The Labute approximate surface area is 58.4 Å². The van der Waals surface area contributed by atoms with Crippen molar-refractivity contribution in [1.82, 2.24) is 4.90 Å². The third-order valence-corrected chi connectivity index (χ3v) is 1.53. The molecule has 0 aromatic heterocycles. The number of carbonyl (C=O) groups excluding carboxylic acids is 1. The third kappa shape index (κ3) is 0.853. The van der Waals surface area contributed by atoms with Crippen molar-refractivity contribution in [2.75, 3.05) is 7.05 Å². The smallest absolute Gasteiger partial charge is 0.274 e. The predicted octanol–water partition coefficient (Wildman–Crippen LogP) is 0.204. The zero-order valence-corrected chi connectivity index (χ0v) is 6.03. The van der Waals surface area contributed by atoms with Crippen molar-refractivity contribution >= 4 is 28.9 Å². The van der Waals surface area contributed by atoms with Gasteiger partial charge in [-0.3, -0.25) is 9.69 Å². The molecule has 3 nitrogen and oxygen atoms in total. The Hall–Kier alpha value is -0.770. The maximum Gasteiger partial charge on any atom is 0.274 e. The Morgan fingerprint density at radius 2 is 2.22 bits per heavy atom. The van der Waals surface area contributed by atoms with Crippen molar-refractivity contribution in [3.8, 4) is 0 Å². The van der Waals surface area contributed by atoms with E-state index in [4.69, 9.17) is 12.2 Å². The molecule has 0 fully saturated rings. The van der Waals surface area contributed by atoms with E-state index < -0.39 is 0 Å². The molecule has 1 aliphatic rings. The average molecular weight is 142 g/mol. The first-order valence-corrected chi connectivity index (χ1v) is 2.91. The number of carbonyl (C=O) groups is 1. The van der Waals surface area contributed by atoms with Crippen LogP contribution in [0.25, 0.3) is 0 Å². The minimum atomic E-state index is -0.0972. The van der Waals surface area contributed by atoms with Gasteiger partial charge in [0.05, 0.1) is 0 Å². The highest BCUT2D eigenvalue weighted by molar-refractivity contribution is 7.80. The topological polar surface area (TPSA) is 32.7 Å². The molecule has 48 valence electrons. The standard InChI is InChI=1S/C5H6N2OS/c1-3-4(8)7(2)5(9)6-3/h1-2H3. The molecule has 0 N–H and O–H groups in total. The van der Waals surface area contributed by atoms with Crippen molar-refractivity contribution in [2.24, 2.45) is 4.99 Å². The van der Waals surface area contributed by atoms with Crippen LogP contribution in [0.1, 0.15) is 6.92 Å². The number of aliphatic imine (C=N–C) groups is 1. The lowest BCUT2D eigenvalue weighted by Gasteiger charge is -2.03. The van der Waals surface area contributed by atoms with Crippen molar-refractivity contribution < 1.29 is 4.79 Å². The summed E-state index contributed by atoms with van der Waals surface area (Å²) in [5.74, 6) is -0.0972. The van der Waals surface area contributed by atoms with Crippen LogP contribution in [-0.2, 0) is 4.79 Å². The molecule has 1 rings (SSSR count). The van der Waals surface area contributed by atoms with Crippen LogP contribution in [0.3, 0.4) is 0 Å². The van der Waals surface area contributed by atoms with Crippen LogP contribution in [0, 0.1) is 0 Å². The van der Waals surface area contributed by atoms with Gasteiger partial charge in [0.2, 0.25) is 5.11 Å². The minimum Gasteiger partial charge on any atom is -0.285 e. The maximum absolute atomic E-state index is 10.8. The highest BCUT2D eigenvalue weighted by Crippen LogP contribution is 2.02. The summed E-state index contributed by atoms with van der Waals surface area (Å²) in [6.07, 6.45) is 0. The monoisotopic (exact) mass is 142 g/mol. The summed E-state index contributed by atoms with van der Waals surface area (Å²) in [7, 11) is 1.62. The van der Waals surface area contributed by atoms with Crippen LogP contribution < -0.4 is 0 Å². The van der Waals surface area contributed by atoms with E-state index in [1.807, 2.05) is 0 Å². The number of rotatable bonds is 0. The second kappa shape index (κ2) is 1.88.